The summed E-state index contributed by atoms with van der Waals surface area (Å²) in [5, 5.41) is 0.986. The van der Waals surface area contributed by atoms with Gasteiger partial charge in [0, 0.05) is 11.6 Å². The Morgan fingerprint density at radius 1 is 1.39 bits per heavy atom. The molecule has 0 fully saturated rings. The van der Waals surface area contributed by atoms with Gasteiger partial charge < -0.3 is 9.47 Å². The maximum Gasteiger partial charge on any atom is 0.343 e. The lowest BCUT2D eigenvalue weighted by Gasteiger charge is -2.10. The highest BCUT2D eigenvalue weighted by atomic mass is 79.9. The van der Waals surface area contributed by atoms with Crippen LogP contribution in [0.25, 0.3) is 10.9 Å². The first-order valence-electron chi connectivity index (χ1n) is 5.37. The van der Waals surface area contributed by atoms with Gasteiger partial charge in [0.2, 0.25) is 0 Å². The highest BCUT2D eigenvalue weighted by Crippen LogP contribution is 2.34. The van der Waals surface area contributed by atoms with Crippen LogP contribution in [-0.4, -0.2) is 24.7 Å². The van der Waals surface area contributed by atoms with Gasteiger partial charge in [-0.25, -0.2) is 4.79 Å². The molecule has 0 saturated heterocycles. The molecule has 5 heteroatoms. The van der Waals surface area contributed by atoms with Crippen molar-refractivity contribution >= 4 is 32.8 Å². The van der Waals surface area contributed by atoms with E-state index in [1.165, 1.54) is 7.11 Å². The smallest absolute Gasteiger partial charge is 0.343 e. The van der Waals surface area contributed by atoms with Gasteiger partial charge in [-0.3, -0.25) is 4.98 Å². The molecule has 0 saturated carbocycles. The van der Waals surface area contributed by atoms with E-state index in [1.807, 2.05) is 19.1 Å². The van der Waals surface area contributed by atoms with Gasteiger partial charge in [0.1, 0.15) is 5.75 Å². The lowest BCUT2D eigenvalue weighted by atomic mass is 10.1. The van der Waals surface area contributed by atoms with Crippen molar-refractivity contribution in [3.8, 4) is 5.75 Å². The lowest BCUT2D eigenvalue weighted by molar-refractivity contribution is -0.142. The molecule has 1 aromatic heterocycles. The molecule has 18 heavy (non-hydrogen) atoms. The van der Waals surface area contributed by atoms with Crippen molar-refractivity contribution < 1.29 is 14.3 Å². The van der Waals surface area contributed by atoms with Gasteiger partial charge in [-0.2, -0.15) is 0 Å². The Bertz CT molecular complexity index is 598. The average molecular weight is 310 g/mol. The number of aromatic nitrogens is 1. The van der Waals surface area contributed by atoms with E-state index >= 15 is 0 Å². The molecule has 0 aliphatic rings. The number of hydrogen-bond acceptors (Lipinski definition) is 4. The first-order chi connectivity index (χ1) is 8.63. The van der Waals surface area contributed by atoms with Gasteiger partial charge in [-0.15, -0.1) is 0 Å². The minimum absolute atomic E-state index is 0.111. The van der Waals surface area contributed by atoms with E-state index in [1.54, 1.807) is 12.3 Å². The van der Waals surface area contributed by atoms with Crippen molar-refractivity contribution in [1.29, 1.82) is 0 Å². The van der Waals surface area contributed by atoms with Crippen molar-refractivity contribution in [2.75, 3.05) is 13.7 Å². The van der Waals surface area contributed by atoms with Crippen LogP contribution < -0.4 is 4.74 Å². The fraction of sp³-hybridized carbons (Fsp3) is 0.231. The number of benzene rings is 1. The standard InChI is InChI=1S/C13H12BrNO3/c1-8-5-6-15-9-3-4-10(13(14)12(8)9)18-7-11(16)17-2/h3-6H,7H2,1-2H3. The van der Waals surface area contributed by atoms with Crippen molar-refractivity contribution in [2.45, 2.75) is 6.92 Å². The van der Waals surface area contributed by atoms with Crippen molar-refractivity contribution in [2.24, 2.45) is 0 Å². The number of halogens is 1. The van der Waals surface area contributed by atoms with Gasteiger partial charge in [-0.1, -0.05) is 0 Å². The fourth-order valence-electron chi connectivity index (χ4n) is 1.65. The third kappa shape index (κ3) is 2.46. The first-order valence-corrected chi connectivity index (χ1v) is 6.16. The van der Waals surface area contributed by atoms with Crippen LogP contribution in [0, 0.1) is 6.92 Å². The molecule has 0 unspecified atom stereocenters. The van der Waals surface area contributed by atoms with E-state index in [2.05, 4.69) is 25.7 Å². The number of fused-ring (bicyclic) bond motifs is 1. The van der Waals surface area contributed by atoms with E-state index in [4.69, 9.17) is 4.74 Å². The van der Waals surface area contributed by atoms with Gasteiger partial charge >= 0.3 is 5.97 Å². The molecule has 0 amide bonds. The zero-order valence-corrected chi connectivity index (χ0v) is 11.7. The van der Waals surface area contributed by atoms with Crippen molar-refractivity contribution in [1.82, 2.24) is 4.98 Å². The van der Waals surface area contributed by atoms with Gasteiger partial charge in [0.05, 0.1) is 17.1 Å². The molecule has 94 valence electrons. The normalized spacial score (nSPS) is 10.4. The number of carbonyl (C=O) groups is 1. The van der Waals surface area contributed by atoms with Crippen LogP contribution in [0.15, 0.2) is 28.9 Å². The van der Waals surface area contributed by atoms with E-state index < -0.39 is 5.97 Å². The average Bonchev–Trinajstić information content (AvgIpc) is 2.37. The third-order valence-electron chi connectivity index (χ3n) is 2.59. The van der Waals surface area contributed by atoms with Gasteiger partial charge in [0.15, 0.2) is 6.61 Å². The summed E-state index contributed by atoms with van der Waals surface area (Å²) in [4.78, 5) is 15.3. The maximum absolute atomic E-state index is 11.1. The number of rotatable bonds is 3. The molecular weight excluding hydrogens is 298 g/mol. The van der Waals surface area contributed by atoms with Crippen LogP contribution in [0.3, 0.4) is 0 Å². The molecule has 2 rings (SSSR count). The zero-order valence-electron chi connectivity index (χ0n) is 10.1. The first kappa shape index (κ1) is 12.8. The SMILES string of the molecule is COC(=O)COc1ccc2nccc(C)c2c1Br. The number of nitrogens with zero attached hydrogens (tertiary/aromatic N) is 1. The van der Waals surface area contributed by atoms with Crippen LogP contribution in [-0.2, 0) is 9.53 Å². The summed E-state index contributed by atoms with van der Waals surface area (Å²) in [5.41, 5.74) is 1.97. The van der Waals surface area contributed by atoms with Crippen LogP contribution in [0.1, 0.15) is 5.56 Å². The number of hydrogen-bond donors (Lipinski definition) is 0. The minimum Gasteiger partial charge on any atom is -0.481 e. The number of ether oxygens (including phenoxy) is 2. The predicted octanol–water partition coefficient (Wildman–Crippen LogP) is 2.86. The third-order valence-corrected chi connectivity index (χ3v) is 3.38. The summed E-state index contributed by atoms with van der Waals surface area (Å²) in [5.74, 6) is 0.189. The second kappa shape index (κ2) is 5.35. The maximum atomic E-state index is 11.1. The summed E-state index contributed by atoms with van der Waals surface area (Å²) < 4.78 is 10.7. The summed E-state index contributed by atoms with van der Waals surface area (Å²) in [6.45, 7) is 1.89. The molecule has 2 aromatic rings. The second-order valence-corrected chi connectivity index (χ2v) is 4.56. The van der Waals surface area contributed by atoms with Gasteiger partial charge in [0.25, 0.3) is 0 Å². The lowest BCUT2D eigenvalue weighted by Crippen LogP contribution is -2.12. The molecule has 1 heterocycles. The Hall–Kier alpha value is -1.62. The molecule has 0 atom stereocenters. The quantitative estimate of drug-likeness (QED) is 0.818. The Morgan fingerprint density at radius 2 is 2.17 bits per heavy atom. The fourth-order valence-corrected chi connectivity index (χ4v) is 2.41. The number of pyridine rings is 1. The molecule has 0 aliphatic carbocycles. The largest absolute Gasteiger partial charge is 0.481 e. The second-order valence-electron chi connectivity index (χ2n) is 3.76. The summed E-state index contributed by atoms with van der Waals surface area (Å²) >= 11 is 3.49. The van der Waals surface area contributed by atoms with E-state index in [-0.39, 0.29) is 6.61 Å². The number of aryl methyl sites for hydroxylation is 1. The molecule has 0 N–H and O–H groups in total. The molecule has 0 bridgehead atoms. The predicted molar refractivity (Wildman–Crippen MR) is 71.7 cm³/mol. The number of methoxy groups -OCH3 is 1. The molecule has 0 radical (unpaired) electrons. The number of esters is 1. The van der Waals surface area contributed by atoms with Crippen LogP contribution in [0.2, 0.25) is 0 Å². The highest BCUT2D eigenvalue weighted by Gasteiger charge is 2.10. The van der Waals surface area contributed by atoms with E-state index in [0.717, 1.165) is 20.9 Å². The summed E-state index contributed by atoms with van der Waals surface area (Å²) in [7, 11) is 1.33. The van der Waals surface area contributed by atoms with Crippen LogP contribution in [0.5, 0.6) is 5.75 Å². The van der Waals surface area contributed by atoms with E-state index in [9.17, 15) is 4.79 Å². The Labute approximate surface area is 113 Å². The van der Waals surface area contributed by atoms with Crippen LogP contribution >= 0.6 is 15.9 Å². The zero-order chi connectivity index (χ0) is 13.1. The Balaban J connectivity index is 2.38. The number of carbonyl (C=O) groups excluding carboxylic acids is 1. The molecular formula is C13H12BrNO3. The molecule has 0 aliphatic heterocycles. The topological polar surface area (TPSA) is 48.4 Å². The highest BCUT2D eigenvalue weighted by molar-refractivity contribution is 9.10. The Morgan fingerprint density at radius 3 is 2.89 bits per heavy atom. The van der Waals surface area contributed by atoms with Gasteiger partial charge in [-0.05, 0) is 46.6 Å². The minimum atomic E-state index is -0.412. The molecule has 1 aromatic carbocycles. The monoisotopic (exact) mass is 309 g/mol. The van der Waals surface area contributed by atoms with Crippen LogP contribution in [0.4, 0.5) is 0 Å². The summed E-state index contributed by atoms with van der Waals surface area (Å²) in [6, 6.07) is 5.57. The Kier molecular flexibility index (Phi) is 3.81. The van der Waals surface area contributed by atoms with E-state index in [0.29, 0.717) is 5.75 Å². The van der Waals surface area contributed by atoms with Crippen molar-refractivity contribution in [3.63, 3.8) is 0 Å². The summed E-state index contributed by atoms with van der Waals surface area (Å²) in [6.07, 6.45) is 1.76. The molecule has 0 spiro atoms. The molecule has 4 nitrogen and oxygen atoms in total. The van der Waals surface area contributed by atoms with Crippen molar-refractivity contribution in [3.05, 3.63) is 34.4 Å².